The zero-order chi connectivity index (χ0) is 18.1. The minimum Gasteiger partial charge on any atom is -0.356 e. The number of anilines is 1. The van der Waals surface area contributed by atoms with Crippen molar-refractivity contribution in [2.24, 2.45) is 0 Å². The van der Waals surface area contributed by atoms with Crippen LogP contribution in [0.2, 0.25) is 0 Å². The van der Waals surface area contributed by atoms with Crippen molar-refractivity contribution >= 4 is 17.4 Å². The van der Waals surface area contributed by atoms with Crippen molar-refractivity contribution in [3.05, 3.63) is 47.8 Å². The first-order valence-corrected chi connectivity index (χ1v) is 8.75. The smallest absolute Gasteiger partial charge is 0.256 e. The van der Waals surface area contributed by atoms with Crippen LogP contribution in [0.25, 0.3) is 5.65 Å². The van der Waals surface area contributed by atoms with Gasteiger partial charge in [0.2, 0.25) is 0 Å². The molecule has 1 fully saturated rings. The molecule has 0 radical (unpaired) electrons. The van der Waals surface area contributed by atoms with Gasteiger partial charge in [-0.3, -0.25) is 4.79 Å². The maximum Gasteiger partial charge on any atom is 0.256 e. The fraction of sp³-hybridized carbons (Fsp3) is 0.389. The summed E-state index contributed by atoms with van der Waals surface area (Å²) in [5, 5.41) is 7.06. The zero-order valence-electron chi connectivity index (χ0n) is 14.9. The van der Waals surface area contributed by atoms with E-state index >= 15 is 0 Å². The summed E-state index contributed by atoms with van der Waals surface area (Å²) in [5.74, 6) is 1.08. The number of hydrogen-bond donors (Lipinski definition) is 1. The SMILES string of the molecule is CNC(=O)c1cnn2c([C@H]3CCCN(c4cc(C)ncn4)C3)ccnc12. The number of aromatic nitrogens is 5. The summed E-state index contributed by atoms with van der Waals surface area (Å²) in [6.45, 7) is 3.80. The number of carbonyl (C=O) groups excluding carboxylic acids is 1. The minimum absolute atomic E-state index is 0.175. The van der Waals surface area contributed by atoms with Crippen LogP contribution in [0, 0.1) is 6.92 Å². The second kappa shape index (κ2) is 6.70. The van der Waals surface area contributed by atoms with Crippen LogP contribution in [0.1, 0.15) is 40.5 Å². The molecule has 26 heavy (non-hydrogen) atoms. The van der Waals surface area contributed by atoms with Crippen LogP contribution in [0.4, 0.5) is 5.82 Å². The second-order valence-corrected chi connectivity index (χ2v) is 6.55. The first kappa shape index (κ1) is 16.4. The third kappa shape index (κ3) is 2.87. The topological polar surface area (TPSA) is 88.3 Å². The quantitative estimate of drug-likeness (QED) is 0.771. The van der Waals surface area contributed by atoms with Crippen LogP contribution in [0.3, 0.4) is 0 Å². The van der Waals surface area contributed by atoms with Gasteiger partial charge in [-0.2, -0.15) is 5.10 Å². The molecule has 4 rings (SSSR count). The largest absolute Gasteiger partial charge is 0.356 e. The van der Waals surface area contributed by atoms with E-state index in [1.807, 2.05) is 19.1 Å². The molecule has 134 valence electrons. The lowest BCUT2D eigenvalue weighted by Gasteiger charge is -2.33. The van der Waals surface area contributed by atoms with E-state index in [4.69, 9.17) is 0 Å². The number of amides is 1. The molecule has 1 amide bonds. The summed E-state index contributed by atoms with van der Waals surface area (Å²) >= 11 is 0. The number of aryl methyl sites for hydroxylation is 1. The Morgan fingerprint density at radius 3 is 3.00 bits per heavy atom. The van der Waals surface area contributed by atoms with Crippen molar-refractivity contribution in [1.82, 2.24) is 29.9 Å². The molecule has 1 N–H and O–H groups in total. The molecule has 3 aromatic heterocycles. The molecule has 1 saturated heterocycles. The van der Waals surface area contributed by atoms with Crippen molar-refractivity contribution < 1.29 is 4.79 Å². The van der Waals surface area contributed by atoms with Gasteiger partial charge in [0.15, 0.2) is 5.65 Å². The number of nitrogens with zero attached hydrogens (tertiary/aromatic N) is 6. The molecule has 0 unspecified atom stereocenters. The molecule has 4 heterocycles. The summed E-state index contributed by atoms with van der Waals surface area (Å²) in [4.78, 5) is 27.3. The van der Waals surface area contributed by atoms with E-state index in [0.717, 1.165) is 43.1 Å². The lowest BCUT2D eigenvalue weighted by molar-refractivity contribution is 0.0964. The molecule has 1 aliphatic rings. The fourth-order valence-corrected chi connectivity index (χ4v) is 3.55. The molecular weight excluding hydrogens is 330 g/mol. The molecule has 3 aromatic rings. The molecule has 0 aromatic carbocycles. The van der Waals surface area contributed by atoms with E-state index in [1.54, 1.807) is 30.3 Å². The van der Waals surface area contributed by atoms with Crippen LogP contribution in [-0.2, 0) is 0 Å². The van der Waals surface area contributed by atoms with E-state index in [1.165, 1.54) is 0 Å². The lowest BCUT2D eigenvalue weighted by Crippen LogP contribution is -2.35. The predicted molar refractivity (Wildman–Crippen MR) is 97.3 cm³/mol. The van der Waals surface area contributed by atoms with E-state index in [9.17, 15) is 4.79 Å². The van der Waals surface area contributed by atoms with Gasteiger partial charge in [-0.25, -0.2) is 19.5 Å². The van der Waals surface area contributed by atoms with E-state index in [0.29, 0.717) is 17.1 Å². The van der Waals surface area contributed by atoms with Crippen LogP contribution in [0.5, 0.6) is 0 Å². The standard InChI is InChI=1S/C18H21N7O/c1-12-8-16(22-11-21-12)24-7-3-4-13(10-24)15-5-6-20-17-14(18(26)19-2)9-23-25(15)17/h5-6,8-9,11,13H,3-4,7,10H2,1-2H3,(H,19,26)/t13-/m0/s1. The van der Waals surface area contributed by atoms with E-state index in [2.05, 4.69) is 30.3 Å². The zero-order valence-corrected chi connectivity index (χ0v) is 14.9. The maximum atomic E-state index is 12.0. The van der Waals surface area contributed by atoms with Crippen LogP contribution < -0.4 is 10.2 Å². The Kier molecular flexibility index (Phi) is 4.24. The Morgan fingerprint density at radius 1 is 1.31 bits per heavy atom. The number of fused-ring (bicyclic) bond motifs is 1. The number of hydrogen-bond acceptors (Lipinski definition) is 6. The maximum absolute atomic E-state index is 12.0. The first-order chi connectivity index (χ1) is 12.7. The number of nitrogens with one attached hydrogen (secondary N) is 1. The van der Waals surface area contributed by atoms with Gasteiger partial charge < -0.3 is 10.2 Å². The molecule has 0 bridgehead atoms. The van der Waals surface area contributed by atoms with E-state index in [-0.39, 0.29) is 5.91 Å². The Labute approximate surface area is 151 Å². The summed E-state index contributed by atoms with van der Waals surface area (Å²) in [7, 11) is 1.61. The van der Waals surface area contributed by atoms with Crippen molar-refractivity contribution in [2.75, 3.05) is 25.0 Å². The first-order valence-electron chi connectivity index (χ1n) is 8.75. The number of piperidine rings is 1. The highest BCUT2D eigenvalue weighted by molar-refractivity contribution is 5.99. The predicted octanol–water partition coefficient (Wildman–Crippen LogP) is 1.57. The molecule has 0 saturated carbocycles. The van der Waals surface area contributed by atoms with Gasteiger partial charge in [0, 0.05) is 44.0 Å². The van der Waals surface area contributed by atoms with Gasteiger partial charge in [-0.1, -0.05) is 0 Å². The van der Waals surface area contributed by atoms with Gasteiger partial charge in [-0.05, 0) is 25.8 Å². The minimum atomic E-state index is -0.175. The summed E-state index contributed by atoms with van der Waals surface area (Å²) in [6.07, 6.45) is 7.09. The highest BCUT2D eigenvalue weighted by Gasteiger charge is 2.25. The Balaban J connectivity index is 1.67. The molecule has 1 aliphatic heterocycles. The number of rotatable bonds is 3. The molecule has 8 heteroatoms. The Morgan fingerprint density at radius 2 is 2.19 bits per heavy atom. The average molecular weight is 351 g/mol. The normalized spacial score (nSPS) is 17.5. The van der Waals surface area contributed by atoms with Gasteiger partial charge in [0.25, 0.3) is 5.91 Å². The van der Waals surface area contributed by atoms with Gasteiger partial charge in [0.1, 0.15) is 17.7 Å². The lowest BCUT2D eigenvalue weighted by atomic mass is 9.94. The highest BCUT2D eigenvalue weighted by Crippen LogP contribution is 2.29. The third-order valence-electron chi connectivity index (χ3n) is 4.86. The number of carbonyl (C=O) groups is 1. The van der Waals surface area contributed by atoms with Crippen LogP contribution >= 0.6 is 0 Å². The van der Waals surface area contributed by atoms with Crippen molar-refractivity contribution in [3.63, 3.8) is 0 Å². The van der Waals surface area contributed by atoms with E-state index < -0.39 is 0 Å². The summed E-state index contributed by atoms with van der Waals surface area (Å²) in [5.41, 5.74) is 3.12. The molecule has 1 atom stereocenters. The molecular formula is C18H21N7O. The van der Waals surface area contributed by atoms with Crippen molar-refractivity contribution in [3.8, 4) is 0 Å². The fourth-order valence-electron chi connectivity index (χ4n) is 3.55. The van der Waals surface area contributed by atoms with Crippen LogP contribution in [0.15, 0.2) is 30.9 Å². The van der Waals surface area contributed by atoms with Gasteiger partial charge >= 0.3 is 0 Å². The van der Waals surface area contributed by atoms with Gasteiger partial charge in [0.05, 0.1) is 11.9 Å². The van der Waals surface area contributed by atoms with Gasteiger partial charge in [-0.15, -0.1) is 0 Å². The molecule has 0 aliphatic carbocycles. The summed E-state index contributed by atoms with van der Waals surface area (Å²) in [6, 6.07) is 4.01. The van der Waals surface area contributed by atoms with Crippen molar-refractivity contribution in [1.29, 1.82) is 0 Å². The van der Waals surface area contributed by atoms with Crippen LogP contribution in [-0.4, -0.2) is 50.6 Å². The Hall–Kier alpha value is -3.03. The van der Waals surface area contributed by atoms with Crippen molar-refractivity contribution in [2.45, 2.75) is 25.7 Å². The third-order valence-corrected chi connectivity index (χ3v) is 4.86. The Bertz CT molecular complexity index is 952. The molecule has 8 nitrogen and oxygen atoms in total. The average Bonchev–Trinajstić information content (AvgIpc) is 3.11. The monoisotopic (exact) mass is 351 g/mol. The highest BCUT2D eigenvalue weighted by atomic mass is 16.1. The molecule has 0 spiro atoms. The summed E-state index contributed by atoms with van der Waals surface area (Å²) < 4.78 is 1.80. The second-order valence-electron chi connectivity index (χ2n) is 6.55.